The Labute approximate surface area is 145 Å². The van der Waals surface area contributed by atoms with E-state index in [1.54, 1.807) is 11.3 Å². The number of hydrogen-bond acceptors (Lipinski definition) is 4. The number of amides is 1. The van der Waals surface area contributed by atoms with E-state index in [-0.39, 0.29) is 6.04 Å². The molecule has 3 nitrogen and oxygen atoms in total. The topological polar surface area (TPSA) is 23.6 Å². The maximum Gasteiger partial charge on any atom is 0.236 e. The number of hydrogen-bond donors (Lipinski definition) is 0. The Morgan fingerprint density at radius 3 is 2.74 bits per heavy atom. The molecule has 1 atom stereocenters. The quantitative estimate of drug-likeness (QED) is 0.845. The van der Waals surface area contributed by atoms with Gasteiger partial charge in [0.2, 0.25) is 5.91 Å². The molecule has 122 valence electrons. The number of rotatable bonds is 3. The van der Waals surface area contributed by atoms with Crippen molar-refractivity contribution in [2.75, 3.05) is 26.2 Å². The molecular formula is C18H22N2OS2. The zero-order chi connectivity index (χ0) is 15.6. The number of nitrogens with zero attached hydrogens (tertiary/aromatic N) is 2. The zero-order valence-electron chi connectivity index (χ0n) is 13.2. The van der Waals surface area contributed by atoms with Crippen molar-refractivity contribution < 1.29 is 4.79 Å². The predicted molar refractivity (Wildman–Crippen MR) is 96.2 cm³/mol. The van der Waals surface area contributed by atoms with E-state index in [4.69, 9.17) is 0 Å². The van der Waals surface area contributed by atoms with Gasteiger partial charge in [0.05, 0.1) is 12.6 Å². The molecule has 0 bridgehead atoms. The lowest BCUT2D eigenvalue weighted by molar-refractivity contribution is -0.133. The van der Waals surface area contributed by atoms with Crippen LogP contribution >= 0.6 is 22.7 Å². The standard InChI is InChI=1S/C18H22N2OS2/c21-17(19-8-2-1-3-9-19)13-20-10-6-15-14(7-12-23-15)18(20)16-5-4-11-22-16/h4-5,7,11-12,18H,1-3,6,8-10,13H2/t18-/m1/s1. The molecule has 5 heteroatoms. The van der Waals surface area contributed by atoms with Crippen molar-refractivity contribution in [2.45, 2.75) is 31.7 Å². The molecule has 0 spiro atoms. The summed E-state index contributed by atoms with van der Waals surface area (Å²) in [5.41, 5.74) is 1.41. The minimum atomic E-state index is 0.263. The van der Waals surface area contributed by atoms with Crippen molar-refractivity contribution in [2.24, 2.45) is 0 Å². The first-order valence-electron chi connectivity index (χ1n) is 8.44. The average Bonchev–Trinajstić information content (AvgIpc) is 3.27. The fraction of sp³-hybridized carbons (Fsp3) is 0.500. The first-order valence-corrected chi connectivity index (χ1v) is 10.2. The van der Waals surface area contributed by atoms with Gasteiger partial charge < -0.3 is 4.90 Å². The molecule has 0 aliphatic carbocycles. The molecule has 0 aromatic carbocycles. The van der Waals surface area contributed by atoms with E-state index in [2.05, 4.69) is 38.8 Å². The van der Waals surface area contributed by atoms with E-state index < -0.39 is 0 Å². The first kappa shape index (κ1) is 15.4. The van der Waals surface area contributed by atoms with Crippen molar-refractivity contribution >= 4 is 28.6 Å². The van der Waals surface area contributed by atoms with Gasteiger partial charge in [-0.2, -0.15) is 0 Å². The minimum Gasteiger partial charge on any atom is -0.342 e. The molecular weight excluding hydrogens is 324 g/mol. The second-order valence-electron chi connectivity index (χ2n) is 6.38. The van der Waals surface area contributed by atoms with E-state index in [1.807, 2.05) is 11.3 Å². The Hall–Kier alpha value is -1.17. The van der Waals surface area contributed by atoms with Gasteiger partial charge in [-0.25, -0.2) is 0 Å². The summed E-state index contributed by atoms with van der Waals surface area (Å²) in [6.45, 7) is 3.42. The van der Waals surface area contributed by atoms with Gasteiger partial charge in [0.15, 0.2) is 0 Å². The van der Waals surface area contributed by atoms with Crippen LogP contribution in [0, 0.1) is 0 Å². The Bertz CT molecular complexity index is 658. The van der Waals surface area contributed by atoms with Gasteiger partial charge in [0.1, 0.15) is 0 Å². The highest BCUT2D eigenvalue weighted by atomic mass is 32.1. The van der Waals surface area contributed by atoms with Crippen molar-refractivity contribution in [3.8, 4) is 0 Å². The van der Waals surface area contributed by atoms with Crippen molar-refractivity contribution in [1.82, 2.24) is 9.80 Å². The SMILES string of the molecule is O=C(CN1CCc2sccc2[C@@H]1c1cccs1)N1CCCCC1. The highest BCUT2D eigenvalue weighted by molar-refractivity contribution is 7.10. The highest BCUT2D eigenvalue weighted by Crippen LogP contribution is 2.39. The summed E-state index contributed by atoms with van der Waals surface area (Å²) in [6.07, 6.45) is 4.66. The zero-order valence-corrected chi connectivity index (χ0v) is 14.9. The van der Waals surface area contributed by atoms with Crippen molar-refractivity contribution in [1.29, 1.82) is 0 Å². The van der Waals surface area contributed by atoms with Gasteiger partial charge in [-0.05, 0) is 54.1 Å². The van der Waals surface area contributed by atoms with E-state index in [0.717, 1.165) is 38.9 Å². The Morgan fingerprint density at radius 1 is 1.09 bits per heavy atom. The van der Waals surface area contributed by atoms with E-state index in [9.17, 15) is 4.79 Å². The summed E-state index contributed by atoms with van der Waals surface area (Å²) in [6, 6.07) is 6.84. The molecule has 4 heterocycles. The van der Waals surface area contributed by atoms with Crippen LogP contribution in [0.3, 0.4) is 0 Å². The van der Waals surface area contributed by atoms with Gasteiger partial charge in [-0.3, -0.25) is 9.69 Å². The number of thiophene rings is 2. The Morgan fingerprint density at radius 2 is 1.96 bits per heavy atom. The fourth-order valence-electron chi connectivity index (χ4n) is 3.74. The molecule has 1 saturated heterocycles. The number of piperidine rings is 1. The molecule has 0 saturated carbocycles. The second-order valence-corrected chi connectivity index (χ2v) is 8.36. The van der Waals surface area contributed by atoms with Crippen LogP contribution in [0.15, 0.2) is 29.0 Å². The number of carbonyl (C=O) groups excluding carboxylic acids is 1. The summed E-state index contributed by atoms with van der Waals surface area (Å²) in [5.74, 6) is 0.310. The molecule has 2 aliphatic rings. The number of carbonyl (C=O) groups is 1. The number of likely N-dealkylation sites (tertiary alicyclic amines) is 1. The summed E-state index contributed by atoms with van der Waals surface area (Å²) in [7, 11) is 0. The Kier molecular flexibility index (Phi) is 4.51. The molecule has 2 aromatic heterocycles. The van der Waals surface area contributed by atoms with Gasteiger partial charge >= 0.3 is 0 Å². The normalized spacial score (nSPS) is 22.1. The molecule has 2 aliphatic heterocycles. The molecule has 23 heavy (non-hydrogen) atoms. The van der Waals surface area contributed by atoms with Gasteiger partial charge in [-0.15, -0.1) is 22.7 Å². The van der Waals surface area contributed by atoms with Crippen LogP contribution < -0.4 is 0 Å². The summed E-state index contributed by atoms with van der Waals surface area (Å²) in [4.78, 5) is 20.0. The van der Waals surface area contributed by atoms with Gasteiger partial charge in [0.25, 0.3) is 0 Å². The van der Waals surface area contributed by atoms with Crippen LogP contribution in [-0.2, 0) is 11.2 Å². The van der Waals surface area contributed by atoms with Crippen LogP contribution in [0.1, 0.15) is 40.6 Å². The summed E-state index contributed by atoms with van der Waals surface area (Å²) >= 11 is 3.66. The molecule has 0 radical (unpaired) electrons. The summed E-state index contributed by atoms with van der Waals surface area (Å²) in [5, 5.41) is 4.34. The van der Waals surface area contributed by atoms with Crippen LogP contribution in [0.25, 0.3) is 0 Å². The third kappa shape index (κ3) is 3.10. The second kappa shape index (κ2) is 6.75. The average molecular weight is 347 g/mol. The lowest BCUT2D eigenvalue weighted by atomic mass is 9.98. The lowest BCUT2D eigenvalue weighted by Gasteiger charge is -2.37. The minimum absolute atomic E-state index is 0.263. The monoisotopic (exact) mass is 346 g/mol. The molecule has 4 rings (SSSR count). The number of fused-ring (bicyclic) bond motifs is 1. The van der Waals surface area contributed by atoms with E-state index >= 15 is 0 Å². The third-order valence-electron chi connectivity index (χ3n) is 4.93. The molecule has 0 N–H and O–H groups in total. The van der Waals surface area contributed by atoms with E-state index in [1.165, 1.54) is 21.7 Å². The van der Waals surface area contributed by atoms with Crippen LogP contribution in [-0.4, -0.2) is 41.9 Å². The smallest absolute Gasteiger partial charge is 0.236 e. The van der Waals surface area contributed by atoms with Crippen molar-refractivity contribution in [3.05, 3.63) is 44.3 Å². The maximum absolute atomic E-state index is 12.7. The molecule has 1 amide bonds. The van der Waals surface area contributed by atoms with Crippen LogP contribution in [0.4, 0.5) is 0 Å². The highest BCUT2D eigenvalue weighted by Gasteiger charge is 2.32. The fourth-order valence-corrected chi connectivity index (χ4v) is 5.52. The Balaban J connectivity index is 1.56. The maximum atomic E-state index is 12.7. The first-order chi connectivity index (χ1) is 11.3. The van der Waals surface area contributed by atoms with Gasteiger partial charge in [-0.1, -0.05) is 6.07 Å². The molecule has 2 aromatic rings. The lowest BCUT2D eigenvalue weighted by Crippen LogP contribution is -2.45. The summed E-state index contributed by atoms with van der Waals surface area (Å²) < 4.78 is 0. The molecule has 1 fully saturated rings. The largest absolute Gasteiger partial charge is 0.342 e. The van der Waals surface area contributed by atoms with Crippen LogP contribution in [0.5, 0.6) is 0 Å². The molecule has 0 unspecified atom stereocenters. The third-order valence-corrected chi connectivity index (χ3v) is 6.85. The van der Waals surface area contributed by atoms with Crippen LogP contribution in [0.2, 0.25) is 0 Å². The predicted octanol–water partition coefficient (Wildman–Crippen LogP) is 3.77. The van der Waals surface area contributed by atoms with Gasteiger partial charge in [0, 0.05) is 29.4 Å². The van der Waals surface area contributed by atoms with Crippen molar-refractivity contribution in [3.63, 3.8) is 0 Å². The van der Waals surface area contributed by atoms with E-state index in [0.29, 0.717) is 12.5 Å².